The lowest BCUT2D eigenvalue weighted by molar-refractivity contribution is -0.160. The summed E-state index contributed by atoms with van der Waals surface area (Å²) in [7, 11) is 0. The molecule has 1 fully saturated rings. The van der Waals surface area contributed by atoms with E-state index in [1.54, 1.807) is 6.07 Å². The predicted octanol–water partition coefficient (Wildman–Crippen LogP) is 5.02. The third-order valence-corrected chi connectivity index (χ3v) is 5.83. The summed E-state index contributed by atoms with van der Waals surface area (Å²) in [5.41, 5.74) is 1.88. The summed E-state index contributed by atoms with van der Waals surface area (Å²) >= 11 is 0. The summed E-state index contributed by atoms with van der Waals surface area (Å²) in [6, 6.07) is 17.8. The number of rotatable bonds is 6. The van der Waals surface area contributed by atoms with Crippen LogP contribution in [0.15, 0.2) is 54.6 Å². The van der Waals surface area contributed by atoms with Gasteiger partial charge in [-0.15, -0.1) is 0 Å². The molecule has 162 valence electrons. The highest BCUT2D eigenvalue weighted by atomic mass is 16.6. The molecule has 2 aromatic carbocycles. The molecule has 1 saturated heterocycles. The van der Waals surface area contributed by atoms with Crippen molar-refractivity contribution in [3.63, 3.8) is 0 Å². The second-order valence-corrected chi connectivity index (χ2v) is 9.65. The largest absolute Gasteiger partial charge is 0.508 e. The SMILES string of the molecule is CC1CN(CC(Cc2ccccc2)C(=O)OC(C)(C)C)CCC1c1cccc(O)c1. The lowest BCUT2D eigenvalue weighted by Gasteiger charge is -2.38. The van der Waals surface area contributed by atoms with Crippen molar-refractivity contribution in [2.75, 3.05) is 19.6 Å². The highest BCUT2D eigenvalue weighted by Gasteiger charge is 2.32. The number of benzene rings is 2. The molecule has 0 aromatic heterocycles. The minimum absolute atomic E-state index is 0.117. The molecule has 1 N–H and O–H groups in total. The van der Waals surface area contributed by atoms with Crippen LogP contribution in [-0.2, 0) is 16.0 Å². The number of ether oxygens (including phenoxy) is 1. The second kappa shape index (κ2) is 9.65. The summed E-state index contributed by atoms with van der Waals surface area (Å²) in [5.74, 6) is 0.916. The highest BCUT2D eigenvalue weighted by molar-refractivity contribution is 5.73. The summed E-state index contributed by atoms with van der Waals surface area (Å²) < 4.78 is 5.75. The van der Waals surface area contributed by atoms with Crippen LogP contribution < -0.4 is 0 Å². The van der Waals surface area contributed by atoms with E-state index in [9.17, 15) is 9.90 Å². The third-order valence-electron chi connectivity index (χ3n) is 5.83. The molecular formula is C26H35NO3. The van der Waals surface area contributed by atoms with Gasteiger partial charge in [-0.2, -0.15) is 0 Å². The molecule has 3 unspecified atom stereocenters. The molecule has 30 heavy (non-hydrogen) atoms. The van der Waals surface area contributed by atoms with Crippen LogP contribution in [0.4, 0.5) is 0 Å². The van der Waals surface area contributed by atoms with Gasteiger partial charge in [0, 0.05) is 13.1 Å². The maximum Gasteiger partial charge on any atom is 0.311 e. The van der Waals surface area contributed by atoms with E-state index in [1.807, 2.05) is 51.1 Å². The fourth-order valence-electron chi connectivity index (χ4n) is 4.47. The van der Waals surface area contributed by atoms with Crippen LogP contribution in [0.3, 0.4) is 0 Å². The van der Waals surface area contributed by atoms with Crippen molar-refractivity contribution < 1.29 is 14.6 Å². The van der Waals surface area contributed by atoms with Crippen molar-refractivity contribution in [1.29, 1.82) is 0 Å². The minimum Gasteiger partial charge on any atom is -0.508 e. The number of piperidine rings is 1. The first kappa shape index (κ1) is 22.4. The molecule has 3 rings (SSSR count). The predicted molar refractivity (Wildman–Crippen MR) is 121 cm³/mol. The summed E-state index contributed by atoms with van der Waals surface area (Å²) in [6.07, 6.45) is 1.72. The van der Waals surface area contributed by atoms with Crippen molar-refractivity contribution in [2.24, 2.45) is 11.8 Å². The number of esters is 1. The molecular weight excluding hydrogens is 374 g/mol. The lowest BCUT2D eigenvalue weighted by Crippen LogP contribution is -2.44. The topological polar surface area (TPSA) is 49.8 Å². The van der Waals surface area contributed by atoms with Gasteiger partial charge in [0.05, 0.1) is 5.92 Å². The maximum absolute atomic E-state index is 13.0. The van der Waals surface area contributed by atoms with E-state index >= 15 is 0 Å². The Hall–Kier alpha value is -2.33. The molecule has 0 aliphatic carbocycles. The smallest absolute Gasteiger partial charge is 0.311 e. The first-order chi connectivity index (χ1) is 14.2. The van der Waals surface area contributed by atoms with E-state index in [0.717, 1.165) is 25.1 Å². The molecule has 2 aromatic rings. The van der Waals surface area contributed by atoms with Crippen molar-refractivity contribution in [1.82, 2.24) is 4.90 Å². The van der Waals surface area contributed by atoms with Gasteiger partial charge in [0.25, 0.3) is 0 Å². The Labute approximate surface area is 180 Å². The van der Waals surface area contributed by atoms with Gasteiger partial charge in [-0.25, -0.2) is 0 Å². The molecule has 0 spiro atoms. The van der Waals surface area contributed by atoms with Gasteiger partial charge in [0.2, 0.25) is 0 Å². The molecule has 4 heteroatoms. The number of phenolic OH excluding ortho intramolecular Hbond substituents is 1. The van der Waals surface area contributed by atoms with Crippen LogP contribution in [0.1, 0.15) is 51.2 Å². The summed E-state index contributed by atoms with van der Waals surface area (Å²) in [4.78, 5) is 15.4. The molecule has 0 saturated carbocycles. The van der Waals surface area contributed by atoms with Crippen molar-refractivity contribution in [3.8, 4) is 5.75 Å². The van der Waals surface area contributed by atoms with E-state index < -0.39 is 5.60 Å². The number of hydrogen-bond donors (Lipinski definition) is 1. The van der Waals surface area contributed by atoms with Crippen LogP contribution in [-0.4, -0.2) is 41.2 Å². The van der Waals surface area contributed by atoms with Gasteiger partial charge in [-0.05, 0) is 75.3 Å². The number of aromatic hydroxyl groups is 1. The van der Waals surface area contributed by atoms with Gasteiger partial charge >= 0.3 is 5.97 Å². The van der Waals surface area contributed by atoms with E-state index in [0.29, 0.717) is 30.6 Å². The number of phenols is 1. The molecule has 1 aliphatic rings. The van der Waals surface area contributed by atoms with Crippen LogP contribution in [0.2, 0.25) is 0 Å². The van der Waals surface area contributed by atoms with Crippen molar-refractivity contribution >= 4 is 5.97 Å². The number of hydrogen-bond acceptors (Lipinski definition) is 4. The zero-order chi connectivity index (χ0) is 21.7. The lowest BCUT2D eigenvalue weighted by atomic mass is 9.81. The Morgan fingerprint density at radius 3 is 2.53 bits per heavy atom. The third kappa shape index (κ3) is 6.33. The molecule has 1 heterocycles. The second-order valence-electron chi connectivity index (χ2n) is 9.65. The Bertz CT molecular complexity index is 828. The molecule has 3 atom stereocenters. The standard InChI is InChI=1S/C26H35NO3/c1-19-17-27(14-13-24(19)21-11-8-12-23(28)16-21)18-22(25(29)30-26(2,3)4)15-20-9-6-5-7-10-20/h5-12,16,19,22,24,28H,13-15,17-18H2,1-4H3. The van der Waals surface area contributed by atoms with Gasteiger partial charge < -0.3 is 14.7 Å². The Morgan fingerprint density at radius 2 is 1.90 bits per heavy atom. The zero-order valence-electron chi connectivity index (χ0n) is 18.7. The summed E-state index contributed by atoms with van der Waals surface area (Å²) in [6.45, 7) is 10.6. The number of nitrogens with zero attached hydrogens (tertiary/aromatic N) is 1. The zero-order valence-corrected chi connectivity index (χ0v) is 18.7. The van der Waals surface area contributed by atoms with Crippen LogP contribution in [0.5, 0.6) is 5.75 Å². The van der Waals surface area contributed by atoms with Gasteiger partial charge in [-0.1, -0.05) is 49.4 Å². The fraction of sp³-hybridized carbons (Fsp3) is 0.500. The number of likely N-dealkylation sites (tertiary alicyclic amines) is 1. The average Bonchev–Trinajstić information content (AvgIpc) is 2.67. The van der Waals surface area contributed by atoms with E-state index in [2.05, 4.69) is 30.0 Å². The first-order valence-corrected chi connectivity index (χ1v) is 11.0. The molecule has 0 bridgehead atoms. The van der Waals surface area contributed by atoms with Crippen LogP contribution >= 0.6 is 0 Å². The Kier molecular flexibility index (Phi) is 7.19. The van der Waals surface area contributed by atoms with Crippen LogP contribution in [0, 0.1) is 11.8 Å². The first-order valence-electron chi connectivity index (χ1n) is 11.0. The summed E-state index contributed by atoms with van der Waals surface area (Å²) in [5, 5.41) is 9.83. The number of carbonyl (C=O) groups is 1. The van der Waals surface area contributed by atoms with Gasteiger partial charge in [0.15, 0.2) is 0 Å². The Morgan fingerprint density at radius 1 is 1.17 bits per heavy atom. The normalized spacial score (nSPS) is 21.2. The molecule has 4 nitrogen and oxygen atoms in total. The fourth-order valence-corrected chi connectivity index (χ4v) is 4.47. The quantitative estimate of drug-likeness (QED) is 0.681. The monoisotopic (exact) mass is 409 g/mol. The van der Waals surface area contributed by atoms with E-state index in [4.69, 9.17) is 4.74 Å². The van der Waals surface area contributed by atoms with E-state index in [1.165, 1.54) is 5.56 Å². The Balaban J connectivity index is 1.67. The molecule has 0 radical (unpaired) electrons. The average molecular weight is 410 g/mol. The minimum atomic E-state index is -0.485. The van der Waals surface area contributed by atoms with Gasteiger partial charge in [0.1, 0.15) is 11.4 Å². The van der Waals surface area contributed by atoms with Crippen molar-refractivity contribution in [3.05, 3.63) is 65.7 Å². The van der Waals surface area contributed by atoms with Gasteiger partial charge in [-0.3, -0.25) is 4.79 Å². The number of carbonyl (C=O) groups excluding carboxylic acids is 1. The molecule has 1 aliphatic heterocycles. The van der Waals surface area contributed by atoms with Crippen LogP contribution in [0.25, 0.3) is 0 Å². The highest BCUT2D eigenvalue weighted by Crippen LogP contribution is 2.34. The van der Waals surface area contributed by atoms with E-state index in [-0.39, 0.29) is 11.9 Å². The van der Waals surface area contributed by atoms with Crippen molar-refractivity contribution in [2.45, 2.75) is 52.1 Å². The molecule has 0 amide bonds. The maximum atomic E-state index is 13.0.